The van der Waals surface area contributed by atoms with Gasteiger partial charge in [0, 0.05) is 19.7 Å². The third kappa shape index (κ3) is 3.44. The third-order valence-corrected chi connectivity index (χ3v) is 3.24. The Kier molecular flexibility index (Phi) is 4.15. The fourth-order valence-electron chi connectivity index (χ4n) is 2.16. The lowest BCUT2D eigenvalue weighted by atomic mass is 10.00. The quantitative estimate of drug-likeness (QED) is 0.876. The van der Waals surface area contributed by atoms with Crippen LogP contribution in [0.15, 0.2) is 36.7 Å². The molecular weight excluding hydrogens is 224 g/mol. The molecule has 0 bridgehead atoms. The van der Waals surface area contributed by atoms with Gasteiger partial charge in [0.15, 0.2) is 0 Å². The van der Waals surface area contributed by atoms with Crippen LogP contribution in [-0.4, -0.2) is 21.0 Å². The van der Waals surface area contributed by atoms with E-state index in [1.165, 1.54) is 11.1 Å². The highest BCUT2D eigenvalue weighted by molar-refractivity contribution is 5.25. The maximum absolute atomic E-state index is 10.0. The summed E-state index contributed by atoms with van der Waals surface area (Å²) in [6.45, 7) is 2.11. The van der Waals surface area contributed by atoms with Gasteiger partial charge in [0.25, 0.3) is 0 Å². The van der Waals surface area contributed by atoms with Crippen molar-refractivity contribution in [3.05, 3.63) is 53.3 Å². The maximum atomic E-state index is 10.0. The van der Waals surface area contributed by atoms with Crippen molar-refractivity contribution >= 4 is 0 Å². The minimum absolute atomic E-state index is 0.297. The van der Waals surface area contributed by atoms with Crippen molar-refractivity contribution in [1.82, 2.24) is 9.78 Å². The third-order valence-electron chi connectivity index (χ3n) is 3.24. The first-order valence-electron chi connectivity index (χ1n) is 6.35. The molecule has 0 aliphatic carbocycles. The molecule has 0 saturated carbocycles. The summed E-state index contributed by atoms with van der Waals surface area (Å²) in [7, 11) is 1.89. The van der Waals surface area contributed by atoms with Gasteiger partial charge in [-0.25, -0.2) is 0 Å². The van der Waals surface area contributed by atoms with Crippen LogP contribution in [0.25, 0.3) is 0 Å². The minimum atomic E-state index is -0.297. The van der Waals surface area contributed by atoms with Gasteiger partial charge in [-0.15, -0.1) is 0 Å². The predicted molar refractivity (Wildman–Crippen MR) is 72.4 cm³/mol. The Bertz CT molecular complexity index is 505. The summed E-state index contributed by atoms with van der Waals surface area (Å²) >= 11 is 0. The van der Waals surface area contributed by atoms with Crippen molar-refractivity contribution in [2.75, 3.05) is 0 Å². The zero-order valence-corrected chi connectivity index (χ0v) is 11.0. The number of benzene rings is 1. The molecular formula is C15H20N2O. The molecule has 2 aromatic rings. The van der Waals surface area contributed by atoms with Crippen molar-refractivity contribution in [2.24, 2.45) is 7.05 Å². The lowest BCUT2D eigenvalue weighted by Gasteiger charge is -2.10. The Hall–Kier alpha value is -1.61. The molecule has 0 radical (unpaired) electrons. The highest BCUT2D eigenvalue weighted by Crippen LogP contribution is 2.12. The highest BCUT2D eigenvalue weighted by Gasteiger charge is 2.08. The Morgan fingerprint density at radius 1 is 1.33 bits per heavy atom. The molecule has 0 saturated heterocycles. The summed E-state index contributed by atoms with van der Waals surface area (Å²) in [5.41, 5.74) is 3.71. The van der Waals surface area contributed by atoms with E-state index in [9.17, 15) is 5.11 Å². The molecule has 1 atom stereocenters. The van der Waals surface area contributed by atoms with E-state index in [1.54, 1.807) is 4.68 Å². The fourth-order valence-corrected chi connectivity index (χ4v) is 2.16. The smallest absolute Gasteiger partial charge is 0.0584 e. The van der Waals surface area contributed by atoms with Crippen LogP contribution in [0.5, 0.6) is 0 Å². The number of aromatic nitrogens is 2. The highest BCUT2D eigenvalue weighted by atomic mass is 16.3. The molecule has 1 N–H and O–H groups in total. The van der Waals surface area contributed by atoms with Gasteiger partial charge < -0.3 is 5.11 Å². The molecule has 0 amide bonds. The van der Waals surface area contributed by atoms with Gasteiger partial charge in [-0.1, -0.05) is 24.3 Å². The minimum Gasteiger partial charge on any atom is -0.393 e. The standard InChI is InChI=1S/C15H20N2O/c1-12-5-3-4-6-14(12)7-8-15(18)9-13-10-16-17(2)11-13/h3-6,10-11,15,18H,7-9H2,1-2H3. The molecule has 1 aromatic heterocycles. The zero-order chi connectivity index (χ0) is 13.0. The van der Waals surface area contributed by atoms with E-state index < -0.39 is 0 Å². The van der Waals surface area contributed by atoms with E-state index in [1.807, 2.05) is 25.5 Å². The van der Waals surface area contributed by atoms with E-state index >= 15 is 0 Å². The van der Waals surface area contributed by atoms with Gasteiger partial charge in [0.1, 0.15) is 0 Å². The number of aliphatic hydroxyl groups excluding tert-OH is 1. The number of hydrogen-bond donors (Lipinski definition) is 1. The molecule has 1 unspecified atom stereocenters. The van der Waals surface area contributed by atoms with E-state index in [4.69, 9.17) is 0 Å². The number of hydrogen-bond acceptors (Lipinski definition) is 2. The second-order valence-corrected chi connectivity index (χ2v) is 4.85. The van der Waals surface area contributed by atoms with E-state index in [0.29, 0.717) is 6.42 Å². The Morgan fingerprint density at radius 3 is 2.78 bits per heavy atom. The first-order valence-corrected chi connectivity index (χ1v) is 6.35. The van der Waals surface area contributed by atoms with Crippen molar-refractivity contribution < 1.29 is 5.11 Å². The molecule has 2 rings (SSSR count). The summed E-state index contributed by atoms with van der Waals surface area (Å²) < 4.78 is 1.77. The molecule has 96 valence electrons. The molecule has 1 aromatic carbocycles. The van der Waals surface area contributed by atoms with E-state index in [2.05, 4.69) is 30.2 Å². The average molecular weight is 244 g/mol. The van der Waals surface area contributed by atoms with E-state index in [0.717, 1.165) is 18.4 Å². The van der Waals surface area contributed by atoms with Crippen LogP contribution in [-0.2, 0) is 19.9 Å². The Balaban J connectivity index is 1.85. The number of rotatable bonds is 5. The molecule has 1 heterocycles. The average Bonchev–Trinajstić information content (AvgIpc) is 2.74. The topological polar surface area (TPSA) is 38.1 Å². The molecule has 3 nitrogen and oxygen atoms in total. The summed E-state index contributed by atoms with van der Waals surface area (Å²) in [5, 5.41) is 14.1. The van der Waals surface area contributed by atoms with Crippen LogP contribution in [0.2, 0.25) is 0 Å². The van der Waals surface area contributed by atoms with Crippen LogP contribution in [0.3, 0.4) is 0 Å². The number of aliphatic hydroxyl groups is 1. The Morgan fingerprint density at radius 2 is 2.11 bits per heavy atom. The van der Waals surface area contributed by atoms with Crippen molar-refractivity contribution in [1.29, 1.82) is 0 Å². The van der Waals surface area contributed by atoms with Gasteiger partial charge >= 0.3 is 0 Å². The lowest BCUT2D eigenvalue weighted by molar-refractivity contribution is 0.165. The molecule has 3 heteroatoms. The largest absolute Gasteiger partial charge is 0.393 e. The summed E-state index contributed by atoms with van der Waals surface area (Å²) in [4.78, 5) is 0. The van der Waals surface area contributed by atoms with E-state index in [-0.39, 0.29) is 6.10 Å². The first-order chi connectivity index (χ1) is 8.65. The lowest BCUT2D eigenvalue weighted by Crippen LogP contribution is -2.11. The molecule has 0 aliphatic rings. The number of nitrogens with zero attached hydrogens (tertiary/aromatic N) is 2. The summed E-state index contributed by atoms with van der Waals surface area (Å²) in [6.07, 6.45) is 5.87. The van der Waals surface area contributed by atoms with Crippen LogP contribution in [0.4, 0.5) is 0 Å². The SMILES string of the molecule is Cc1ccccc1CCC(O)Cc1cnn(C)c1. The normalized spacial score (nSPS) is 12.6. The summed E-state index contributed by atoms with van der Waals surface area (Å²) in [5.74, 6) is 0. The molecule has 0 spiro atoms. The van der Waals surface area contributed by atoms with Crippen LogP contribution < -0.4 is 0 Å². The van der Waals surface area contributed by atoms with Crippen molar-refractivity contribution in [3.8, 4) is 0 Å². The van der Waals surface area contributed by atoms with Gasteiger partial charge in [-0.05, 0) is 36.5 Å². The molecule has 18 heavy (non-hydrogen) atoms. The molecule has 0 aliphatic heterocycles. The maximum Gasteiger partial charge on any atom is 0.0584 e. The second-order valence-electron chi connectivity index (χ2n) is 4.85. The monoisotopic (exact) mass is 244 g/mol. The molecule has 0 fully saturated rings. The Labute approximate surface area is 108 Å². The van der Waals surface area contributed by atoms with Gasteiger partial charge in [-0.3, -0.25) is 4.68 Å². The van der Waals surface area contributed by atoms with Crippen molar-refractivity contribution in [2.45, 2.75) is 32.3 Å². The number of aryl methyl sites for hydroxylation is 3. The predicted octanol–water partition coefficient (Wildman–Crippen LogP) is 2.26. The van der Waals surface area contributed by atoms with Gasteiger partial charge in [-0.2, -0.15) is 5.10 Å². The van der Waals surface area contributed by atoms with Gasteiger partial charge in [0.2, 0.25) is 0 Å². The van der Waals surface area contributed by atoms with Crippen LogP contribution >= 0.6 is 0 Å². The van der Waals surface area contributed by atoms with Crippen LogP contribution in [0, 0.1) is 6.92 Å². The fraction of sp³-hybridized carbons (Fsp3) is 0.400. The summed E-state index contributed by atoms with van der Waals surface area (Å²) in [6, 6.07) is 8.34. The van der Waals surface area contributed by atoms with Crippen molar-refractivity contribution in [3.63, 3.8) is 0 Å². The van der Waals surface area contributed by atoms with Gasteiger partial charge in [0.05, 0.1) is 12.3 Å². The first kappa shape index (κ1) is 12.8. The second kappa shape index (κ2) is 5.83. The van der Waals surface area contributed by atoms with Crippen LogP contribution in [0.1, 0.15) is 23.1 Å². The zero-order valence-electron chi connectivity index (χ0n) is 11.0.